The third-order valence-electron chi connectivity index (χ3n) is 2.75. The molecule has 15 heavy (non-hydrogen) atoms. The highest BCUT2D eigenvalue weighted by molar-refractivity contribution is 8.00. The van der Waals surface area contributed by atoms with Gasteiger partial charge in [0, 0.05) is 5.75 Å². The number of thioether (sulfide) groups is 1. The van der Waals surface area contributed by atoms with E-state index in [1.807, 2.05) is 0 Å². The van der Waals surface area contributed by atoms with E-state index in [1.54, 1.807) is 0 Å². The number of fused-ring (bicyclic) bond motifs is 1. The number of nitrogens with zero attached hydrogens (tertiary/aromatic N) is 1. The quantitative estimate of drug-likeness (QED) is 0.368. The van der Waals surface area contributed by atoms with Crippen molar-refractivity contribution in [2.75, 3.05) is 12.9 Å². The lowest BCUT2D eigenvalue weighted by Gasteiger charge is -2.42. The summed E-state index contributed by atoms with van der Waals surface area (Å²) in [5.41, 5.74) is 0. The third kappa shape index (κ3) is 1.35. The largest absolute Gasteiger partial charge is 0.467 e. The van der Waals surface area contributed by atoms with Crippen LogP contribution in [0.5, 0.6) is 0 Å². The molecule has 0 saturated carbocycles. The Balaban J connectivity index is 2.13. The third-order valence-corrected chi connectivity index (χ3v) is 4.10. The van der Waals surface area contributed by atoms with Crippen molar-refractivity contribution in [1.82, 2.24) is 4.90 Å². The van der Waals surface area contributed by atoms with Crippen LogP contribution in [0.25, 0.3) is 0 Å². The fourth-order valence-electron chi connectivity index (χ4n) is 1.96. The van der Waals surface area contributed by atoms with E-state index < -0.39 is 17.9 Å². The van der Waals surface area contributed by atoms with Crippen molar-refractivity contribution in [3.05, 3.63) is 0 Å². The van der Waals surface area contributed by atoms with Gasteiger partial charge in [-0.2, -0.15) is 0 Å². The smallest absolute Gasteiger partial charge is 0.329 e. The zero-order valence-electron chi connectivity index (χ0n) is 8.43. The van der Waals surface area contributed by atoms with Crippen LogP contribution >= 0.6 is 11.8 Å². The van der Waals surface area contributed by atoms with E-state index >= 15 is 0 Å². The van der Waals surface area contributed by atoms with Crippen LogP contribution < -0.4 is 0 Å². The molecule has 0 unspecified atom stereocenters. The first kappa shape index (κ1) is 10.5. The molecule has 5 nitrogen and oxygen atoms in total. The summed E-state index contributed by atoms with van der Waals surface area (Å²) in [6.45, 7) is 1.41. The molecule has 0 spiro atoms. The first-order chi connectivity index (χ1) is 7.07. The van der Waals surface area contributed by atoms with E-state index in [4.69, 9.17) is 0 Å². The monoisotopic (exact) mass is 229 g/mol. The number of hydrogen-bond donors (Lipinski definition) is 0. The van der Waals surface area contributed by atoms with Crippen LogP contribution in [0.4, 0.5) is 0 Å². The van der Waals surface area contributed by atoms with Gasteiger partial charge in [0.25, 0.3) is 0 Å². The van der Waals surface area contributed by atoms with Gasteiger partial charge in [-0.1, -0.05) is 0 Å². The molecule has 0 aromatic heterocycles. The first-order valence-corrected chi connectivity index (χ1v) is 5.65. The minimum absolute atomic E-state index is 0.126. The summed E-state index contributed by atoms with van der Waals surface area (Å²) in [4.78, 5) is 35.5. The number of methoxy groups -OCH3 is 1. The maximum absolute atomic E-state index is 11.6. The predicted molar refractivity (Wildman–Crippen MR) is 53.1 cm³/mol. The van der Waals surface area contributed by atoms with Gasteiger partial charge in [-0.3, -0.25) is 9.59 Å². The molecule has 0 N–H and O–H groups in total. The Bertz CT molecular complexity index is 343. The van der Waals surface area contributed by atoms with Gasteiger partial charge in [0.1, 0.15) is 17.7 Å². The SMILES string of the molecule is COC(=O)[C@@H]1CS[C@H]2[C@H](C(C)=O)C(=O)N12. The molecule has 2 fully saturated rings. The van der Waals surface area contributed by atoms with Crippen molar-refractivity contribution in [3.63, 3.8) is 0 Å². The predicted octanol–water partition coefficient (Wildman–Crippen LogP) is -0.352. The van der Waals surface area contributed by atoms with Gasteiger partial charge in [0.05, 0.1) is 12.5 Å². The van der Waals surface area contributed by atoms with Crippen molar-refractivity contribution in [2.45, 2.75) is 18.3 Å². The summed E-state index contributed by atoms with van der Waals surface area (Å²) < 4.78 is 4.60. The average Bonchev–Trinajstić information content (AvgIpc) is 2.55. The molecule has 6 heteroatoms. The number of carbonyl (C=O) groups excluding carboxylic acids is 3. The van der Waals surface area contributed by atoms with Crippen molar-refractivity contribution in [1.29, 1.82) is 0 Å². The molecule has 1 amide bonds. The van der Waals surface area contributed by atoms with Gasteiger partial charge in [-0.15, -0.1) is 11.8 Å². The number of β-lactam (4-membered cyclic amide) rings is 1. The van der Waals surface area contributed by atoms with Crippen LogP contribution in [0.15, 0.2) is 0 Å². The molecule has 0 radical (unpaired) electrons. The fraction of sp³-hybridized carbons (Fsp3) is 0.667. The lowest BCUT2D eigenvalue weighted by atomic mass is 9.93. The van der Waals surface area contributed by atoms with Crippen molar-refractivity contribution in [2.24, 2.45) is 5.92 Å². The molecule has 0 aliphatic carbocycles. The normalized spacial score (nSPS) is 33.3. The first-order valence-electron chi connectivity index (χ1n) is 4.60. The summed E-state index contributed by atoms with van der Waals surface area (Å²) in [6.07, 6.45) is 0. The summed E-state index contributed by atoms with van der Waals surface area (Å²) in [5, 5.41) is -0.154. The molecular weight excluding hydrogens is 218 g/mol. The molecule has 0 aromatic carbocycles. The van der Waals surface area contributed by atoms with Gasteiger partial charge >= 0.3 is 5.97 Å². The average molecular weight is 229 g/mol. The molecule has 2 rings (SSSR count). The van der Waals surface area contributed by atoms with E-state index in [0.717, 1.165) is 0 Å². The molecule has 0 bridgehead atoms. The van der Waals surface area contributed by atoms with Crippen LogP contribution in [0.2, 0.25) is 0 Å². The van der Waals surface area contributed by atoms with E-state index in [2.05, 4.69) is 4.74 Å². The number of amides is 1. The highest BCUT2D eigenvalue weighted by Crippen LogP contribution is 2.43. The summed E-state index contributed by atoms with van der Waals surface area (Å²) in [5.74, 6) is -0.801. The van der Waals surface area contributed by atoms with Crippen molar-refractivity contribution < 1.29 is 19.1 Å². The van der Waals surface area contributed by atoms with E-state index in [-0.39, 0.29) is 17.1 Å². The lowest BCUT2D eigenvalue weighted by molar-refractivity contribution is -0.165. The van der Waals surface area contributed by atoms with Crippen molar-refractivity contribution >= 4 is 29.4 Å². The van der Waals surface area contributed by atoms with E-state index in [0.29, 0.717) is 5.75 Å². The van der Waals surface area contributed by atoms with Gasteiger partial charge < -0.3 is 9.64 Å². The fourth-order valence-corrected chi connectivity index (χ4v) is 3.54. The Labute approximate surface area is 91.1 Å². The maximum atomic E-state index is 11.6. The zero-order valence-corrected chi connectivity index (χ0v) is 9.24. The molecule has 2 heterocycles. The number of ketones is 1. The summed E-state index contributed by atoms with van der Waals surface area (Å²) >= 11 is 1.47. The van der Waals surface area contributed by atoms with Crippen molar-refractivity contribution in [3.8, 4) is 0 Å². The van der Waals surface area contributed by atoms with Gasteiger partial charge in [-0.25, -0.2) is 4.79 Å². The zero-order chi connectivity index (χ0) is 11.2. The Morgan fingerprint density at radius 2 is 2.20 bits per heavy atom. The molecule has 2 aliphatic heterocycles. The molecule has 2 saturated heterocycles. The van der Waals surface area contributed by atoms with E-state index in [1.165, 1.54) is 30.7 Å². The minimum Gasteiger partial charge on any atom is -0.467 e. The summed E-state index contributed by atoms with van der Waals surface area (Å²) in [7, 11) is 1.30. The number of carbonyl (C=O) groups is 3. The Kier molecular flexibility index (Phi) is 2.46. The van der Waals surface area contributed by atoms with Crippen LogP contribution in [0.1, 0.15) is 6.92 Å². The number of ether oxygens (including phenoxy) is 1. The Hall–Kier alpha value is -1.04. The summed E-state index contributed by atoms with van der Waals surface area (Å²) in [6, 6.07) is -0.506. The van der Waals surface area contributed by atoms with Gasteiger partial charge in [-0.05, 0) is 6.92 Å². The number of esters is 1. The minimum atomic E-state index is -0.551. The molecular formula is C9H11NO4S. The van der Waals surface area contributed by atoms with Crippen LogP contribution in [0.3, 0.4) is 0 Å². The van der Waals surface area contributed by atoms with Gasteiger partial charge in [0.2, 0.25) is 5.91 Å². The molecule has 3 atom stereocenters. The van der Waals surface area contributed by atoms with Gasteiger partial charge in [0.15, 0.2) is 0 Å². The number of Topliss-reactive ketones (excluding diaryl/α,β-unsaturated/α-hetero) is 1. The Morgan fingerprint density at radius 3 is 2.73 bits per heavy atom. The number of hydrogen-bond acceptors (Lipinski definition) is 5. The topological polar surface area (TPSA) is 63.7 Å². The second-order valence-corrected chi connectivity index (χ2v) is 4.75. The Morgan fingerprint density at radius 1 is 1.53 bits per heavy atom. The molecule has 0 aromatic rings. The van der Waals surface area contributed by atoms with Crippen LogP contribution in [0, 0.1) is 5.92 Å². The van der Waals surface area contributed by atoms with Crippen LogP contribution in [-0.4, -0.2) is 46.8 Å². The molecule has 2 aliphatic rings. The number of rotatable bonds is 2. The molecule has 82 valence electrons. The second-order valence-electron chi connectivity index (χ2n) is 3.60. The standard InChI is InChI=1S/C9H11NO4S/c1-4(11)6-7(12)10-5(9(13)14-2)3-15-8(6)10/h5-6,8H,3H2,1-2H3/t5-,6+,8-/m0/s1. The highest BCUT2D eigenvalue weighted by atomic mass is 32.2. The van der Waals surface area contributed by atoms with E-state index in [9.17, 15) is 14.4 Å². The maximum Gasteiger partial charge on any atom is 0.329 e. The highest BCUT2D eigenvalue weighted by Gasteiger charge is 2.58. The van der Waals surface area contributed by atoms with Crippen LogP contribution in [-0.2, 0) is 19.1 Å². The lowest BCUT2D eigenvalue weighted by Crippen LogP contribution is -2.63. The second kappa shape index (κ2) is 3.52.